The molecule has 1 aliphatic rings. The molecule has 1 aliphatic heterocycles. The van der Waals surface area contributed by atoms with Crippen LogP contribution in [0.1, 0.15) is 27.3 Å². The van der Waals surface area contributed by atoms with Crippen molar-refractivity contribution in [3.05, 3.63) is 46.5 Å². The number of amides is 1. The number of aromatic nitrogens is 2. The highest BCUT2D eigenvalue weighted by Crippen LogP contribution is 2.28. The predicted octanol–water partition coefficient (Wildman–Crippen LogP) is 3.30. The molecule has 0 atom stereocenters. The van der Waals surface area contributed by atoms with Gasteiger partial charge in [0.15, 0.2) is 0 Å². The highest BCUT2D eigenvalue weighted by Gasteiger charge is 2.23. The number of hydrogen-bond acceptors (Lipinski definition) is 5. The van der Waals surface area contributed by atoms with Gasteiger partial charge >= 0.3 is 0 Å². The minimum Gasteiger partial charge on any atom is -0.497 e. The molecule has 0 spiro atoms. The van der Waals surface area contributed by atoms with Gasteiger partial charge in [-0.05, 0) is 37.1 Å². The first-order valence-corrected chi connectivity index (χ1v) is 10.4. The molecule has 7 heteroatoms. The molecular weight excluding hydrogens is 372 g/mol. The van der Waals surface area contributed by atoms with Gasteiger partial charge in [-0.3, -0.25) is 14.4 Å². The van der Waals surface area contributed by atoms with Crippen LogP contribution in [0.4, 0.5) is 0 Å². The monoisotopic (exact) mass is 398 g/mol. The highest BCUT2D eigenvalue weighted by atomic mass is 32.1. The number of ether oxygens (including phenoxy) is 1. The summed E-state index contributed by atoms with van der Waals surface area (Å²) in [7, 11) is 3.62. The Bertz CT molecular complexity index is 942. The van der Waals surface area contributed by atoms with Crippen molar-refractivity contribution in [3.8, 4) is 5.75 Å². The van der Waals surface area contributed by atoms with Gasteiger partial charge in [0, 0.05) is 45.2 Å². The number of aryl methyl sites for hydroxylation is 2. The van der Waals surface area contributed by atoms with Crippen LogP contribution < -0.4 is 4.74 Å². The molecule has 1 aromatic carbocycles. The quantitative estimate of drug-likeness (QED) is 0.677. The fourth-order valence-corrected chi connectivity index (χ4v) is 4.88. The zero-order chi connectivity index (χ0) is 19.7. The van der Waals surface area contributed by atoms with E-state index in [4.69, 9.17) is 4.74 Å². The SMILES string of the molecule is COc1ccc(CN2CCCN(C(=O)c3cc4c(C)nn(C)c4s3)CC2)cc1. The summed E-state index contributed by atoms with van der Waals surface area (Å²) in [5.41, 5.74) is 2.25. The largest absolute Gasteiger partial charge is 0.497 e. The lowest BCUT2D eigenvalue weighted by Gasteiger charge is -2.21. The normalized spacial score (nSPS) is 15.8. The summed E-state index contributed by atoms with van der Waals surface area (Å²) < 4.78 is 7.10. The average molecular weight is 399 g/mol. The van der Waals surface area contributed by atoms with Gasteiger partial charge in [0.1, 0.15) is 10.6 Å². The maximum absolute atomic E-state index is 13.1. The molecule has 1 saturated heterocycles. The van der Waals surface area contributed by atoms with Crippen molar-refractivity contribution < 1.29 is 9.53 Å². The minimum atomic E-state index is 0.145. The zero-order valence-electron chi connectivity index (χ0n) is 16.6. The van der Waals surface area contributed by atoms with Crippen LogP contribution in [0.2, 0.25) is 0 Å². The fourth-order valence-electron chi connectivity index (χ4n) is 3.79. The van der Waals surface area contributed by atoms with Crippen LogP contribution in [0.3, 0.4) is 0 Å². The van der Waals surface area contributed by atoms with Gasteiger partial charge in [-0.15, -0.1) is 11.3 Å². The maximum Gasteiger partial charge on any atom is 0.264 e. The van der Waals surface area contributed by atoms with Crippen LogP contribution in [-0.4, -0.2) is 58.8 Å². The average Bonchev–Trinajstić information content (AvgIpc) is 3.16. The molecule has 0 N–H and O–H groups in total. The standard InChI is InChI=1S/C21H26N4O2S/c1-15-18-13-19(28-21(18)23(2)22-15)20(26)25-10-4-9-24(11-12-25)14-16-5-7-17(27-3)8-6-16/h5-8,13H,4,9-12,14H2,1-3H3. The lowest BCUT2D eigenvalue weighted by molar-refractivity contribution is 0.0766. The second kappa shape index (κ2) is 7.93. The van der Waals surface area contributed by atoms with Gasteiger partial charge in [-0.1, -0.05) is 12.1 Å². The zero-order valence-corrected chi connectivity index (χ0v) is 17.5. The van der Waals surface area contributed by atoms with Crippen molar-refractivity contribution in [1.82, 2.24) is 19.6 Å². The van der Waals surface area contributed by atoms with E-state index in [0.717, 1.165) is 65.7 Å². The number of carbonyl (C=O) groups is 1. The number of thiophene rings is 1. The molecule has 3 aromatic rings. The Kier molecular flexibility index (Phi) is 5.37. The molecule has 28 heavy (non-hydrogen) atoms. The highest BCUT2D eigenvalue weighted by molar-refractivity contribution is 7.20. The molecule has 1 fully saturated rings. The first-order valence-electron chi connectivity index (χ1n) is 9.63. The van der Waals surface area contributed by atoms with Crippen LogP contribution >= 0.6 is 11.3 Å². The Morgan fingerprint density at radius 1 is 1.18 bits per heavy atom. The lowest BCUT2D eigenvalue weighted by Crippen LogP contribution is -2.34. The third-order valence-corrected chi connectivity index (χ3v) is 6.54. The number of hydrogen-bond donors (Lipinski definition) is 0. The van der Waals surface area contributed by atoms with Crippen molar-refractivity contribution in [2.45, 2.75) is 19.9 Å². The topological polar surface area (TPSA) is 50.6 Å². The summed E-state index contributed by atoms with van der Waals surface area (Å²) >= 11 is 1.54. The number of benzene rings is 1. The summed E-state index contributed by atoms with van der Waals surface area (Å²) in [6.07, 6.45) is 0.993. The molecular formula is C21H26N4O2S. The molecule has 0 saturated carbocycles. The van der Waals surface area contributed by atoms with Gasteiger partial charge in [0.2, 0.25) is 0 Å². The molecule has 2 aromatic heterocycles. The van der Waals surface area contributed by atoms with E-state index in [1.807, 2.05) is 41.8 Å². The van der Waals surface area contributed by atoms with Crippen molar-refractivity contribution in [3.63, 3.8) is 0 Å². The molecule has 1 amide bonds. The molecule has 0 unspecified atom stereocenters. The number of methoxy groups -OCH3 is 1. The van der Waals surface area contributed by atoms with E-state index in [1.165, 1.54) is 5.56 Å². The number of rotatable bonds is 4. The van der Waals surface area contributed by atoms with E-state index < -0.39 is 0 Å². The summed E-state index contributed by atoms with van der Waals surface area (Å²) in [5.74, 6) is 1.03. The van der Waals surface area contributed by atoms with Crippen molar-refractivity contribution >= 4 is 27.5 Å². The minimum absolute atomic E-state index is 0.145. The van der Waals surface area contributed by atoms with Crippen LogP contribution in [-0.2, 0) is 13.6 Å². The Hall–Kier alpha value is -2.38. The third-order valence-electron chi connectivity index (χ3n) is 5.35. The smallest absolute Gasteiger partial charge is 0.264 e. The van der Waals surface area contributed by atoms with E-state index in [-0.39, 0.29) is 5.91 Å². The van der Waals surface area contributed by atoms with Gasteiger partial charge in [-0.25, -0.2) is 0 Å². The van der Waals surface area contributed by atoms with Gasteiger partial charge in [0.05, 0.1) is 17.7 Å². The number of nitrogens with zero attached hydrogens (tertiary/aromatic N) is 4. The Labute approximate surface area is 169 Å². The van der Waals surface area contributed by atoms with Crippen LogP contribution in [0.25, 0.3) is 10.2 Å². The first-order chi connectivity index (χ1) is 13.5. The summed E-state index contributed by atoms with van der Waals surface area (Å²) in [5, 5.41) is 5.52. The van der Waals surface area contributed by atoms with E-state index >= 15 is 0 Å². The van der Waals surface area contributed by atoms with E-state index in [2.05, 4.69) is 22.1 Å². The number of carbonyl (C=O) groups excluding carboxylic acids is 1. The van der Waals surface area contributed by atoms with Crippen molar-refractivity contribution in [1.29, 1.82) is 0 Å². The van der Waals surface area contributed by atoms with E-state index in [9.17, 15) is 4.79 Å². The molecule has 0 radical (unpaired) electrons. The first kappa shape index (κ1) is 19.0. The molecule has 4 rings (SSSR count). The maximum atomic E-state index is 13.1. The summed E-state index contributed by atoms with van der Waals surface area (Å²) in [4.78, 5) is 19.4. The van der Waals surface area contributed by atoms with Gasteiger partial charge < -0.3 is 9.64 Å². The molecule has 148 valence electrons. The second-order valence-electron chi connectivity index (χ2n) is 7.31. The predicted molar refractivity (Wildman–Crippen MR) is 112 cm³/mol. The lowest BCUT2D eigenvalue weighted by atomic mass is 10.2. The van der Waals surface area contributed by atoms with Gasteiger partial charge in [-0.2, -0.15) is 5.10 Å². The van der Waals surface area contributed by atoms with Crippen LogP contribution in [0, 0.1) is 6.92 Å². The molecule has 3 heterocycles. The fraction of sp³-hybridized carbons (Fsp3) is 0.429. The second-order valence-corrected chi connectivity index (χ2v) is 8.34. The van der Waals surface area contributed by atoms with Crippen molar-refractivity contribution in [2.24, 2.45) is 7.05 Å². The molecule has 6 nitrogen and oxygen atoms in total. The summed E-state index contributed by atoms with van der Waals surface area (Å²) in [6.45, 7) is 6.37. The Balaban J connectivity index is 1.41. The van der Waals surface area contributed by atoms with E-state index in [0.29, 0.717) is 0 Å². The van der Waals surface area contributed by atoms with Crippen LogP contribution in [0.5, 0.6) is 5.75 Å². The van der Waals surface area contributed by atoms with Crippen molar-refractivity contribution in [2.75, 3.05) is 33.3 Å². The number of fused-ring (bicyclic) bond motifs is 1. The Morgan fingerprint density at radius 2 is 1.96 bits per heavy atom. The van der Waals surface area contributed by atoms with Gasteiger partial charge in [0.25, 0.3) is 5.91 Å². The molecule has 0 aliphatic carbocycles. The Morgan fingerprint density at radius 3 is 2.68 bits per heavy atom. The van der Waals surface area contributed by atoms with Crippen LogP contribution in [0.15, 0.2) is 30.3 Å². The van der Waals surface area contributed by atoms with E-state index in [1.54, 1.807) is 18.4 Å². The molecule has 0 bridgehead atoms. The summed E-state index contributed by atoms with van der Waals surface area (Å²) in [6, 6.07) is 10.2. The third kappa shape index (κ3) is 3.77.